The van der Waals surface area contributed by atoms with Crippen LogP contribution in [0.15, 0.2) is 30.5 Å². The molecule has 0 amide bonds. The molecule has 2 nitrogen and oxygen atoms in total. The maximum atomic E-state index is 3.43. The molecule has 2 N–H and O–H groups in total. The van der Waals surface area contributed by atoms with E-state index in [1.165, 1.54) is 48.8 Å². The number of H-pyrrole nitrogens is 1. The van der Waals surface area contributed by atoms with Gasteiger partial charge in [0, 0.05) is 17.1 Å². The third-order valence-corrected chi connectivity index (χ3v) is 3.66. The van der Waals surface area contributed by atoms with Crippen LogP contribution in [0.5, 0.6) is 0 Å². The minimum atomic E-state index is 0.883. The molecule has 0 bridgehead atoms. The van der Waals surface area contributed by atoms with Gasteiger partial charge in [-0.1, -0.05) is 18.2 Å². The van der Waals surface area contributed by atoms with Gasteiger partial charge < -0.3 is 10.3 Å². The largest absolute Gasteiger partial charge is 0.361 e. The standard InChI is InChI=1S/C14H18N2/c1-2-4-14-13(3-1)12(10-16-14)6-5-11-7-8-15-9-11/h1-4,10-11,15-16H,5-9H2. The van der Waals surface area contributed by atoms with Gasteiger partial charge in [0.1, 0.15) is 0 Å². The number of nitrogens with one attached hydrogen (secondary N) is 2. The molecular formula is C14H18N2. The third-order valence-electron chi connectivity index (χ3n) is 3.66. The van der Waals surface area contributed by atoms with E-state index in [1.54, 1.807) is 0 Å². The van der Waals surface area contributed by atoms with Gasteiger partial charge in [-0.15, -0.1) is 0 Å². The van der Waals surface area contributed by atoms with Crippen molar-refractivity contribution in [3.63, 3.8) is 0 Å². The normalized spacial score (nSPS) is 20.6. The number of aryl methyl sites for hydroxylation is 1. The van der Waals surface area contributed by atoms with Gasteiger partial charge in [0.15, 0.2) is 0 Å². The van der Waals surface area contributed by atoms with E-state index in [1.807, 2.05) is 0 Å². The fourth-order valence-corrected chi connectivity index (χ4v) is 2.66. The van der Waals surface area contributed by atoms with Crippen molar-refractivity contribution in [3.8, 4) is 0 Å². The molecule has 16 heavy (non-hydrogen) atoms. The summed E-state index contributed by atoms with van der Waals surface area (Å²) in [4.78, 5) is 3.35. The Labute approximate surface area is 96.1 Å². The Hall–Kier alpha value is -1.28. The first-order valence-corrected chi connectivity index (χ1v) is 6.19. The Morgan fingerprint density at radius 1 is 1.25 bits per heavy atom. The number of aromatic nitrogens is 1. The third kappa shape index (κ3) is 1.85. The fraction of sp³-hybridized carbons (Fsp3) is 0.429. The smallest absolute Gasteiger partial charge is 0.0456 e. The Morgan fingerprint density at radius 2 is 2.19 bits per heavy atom. The molecular weight excluding hydrogens is 196 g/mol. The minimum absolute atomic E-state index is 0.883. The maximum Gasteiger partial charge on any atom is 0.0456 e. The van der Waals surface area contributed by atoms with Crippen LogP contribution in [0.2, 0.25) is 0 Å². The molecule has 3 rings (SSSR count). The van der Waals surface area contributed by atoms with E-state index in [9.17, 15) is 0 Å². The highest BCUT2D eigenvalue weighted by Crippen LogP contribution is 2.22. The van der Waals surface area contributed by atoms with Crippen molar-refractivity contribution < 1.29 is 0 Å². The molecule has 2 aromatic rings. The molecule has 1 aliphatic heterocycles. The molecule has 0 radical (unpaired) electrons. The van der Waals surface area contributed by atoms with Gasteiger partial charge in [-0.2, -0.15) is 0 Å². The number of para-hydroxylation sites is 1. The van der Waals surface area contributed by atoms with Crippen LogP contribution in [-0.4, -0.2) is 18.1 Å². The minimum Gasteiger partial charge on any atom is -0.361 e. The number of hydrogen-bond acceptors (Lipinski definition) is 1. The van der Waals surface area contributed by atoms with E-state index in [0.29, 0.717) is 0 Å². The SMILES string of the molecule is c1ccc2c(CCC3CCNC3)c[nH]c2c1. The summed E-state index contributed by atoms with van der Waals surface area (Å²) in [6.07, 6.45) is 6.04. The molecule has 1 saturated heterocycles. The predicted molar refractivity (Wildman–Crippen MR) is 67.6 cm³/mol. The van der Waals surface area contributed by atoms with Gasteiger partial charge in [0.25, 0.3) is 0 Å². The summed E-state index contributed by atoms with van der Waals surface area (Å²) in [5, 5.41) is 4.83. The molecule has 0 spiro atoms. The number of rotatable bonds is 3. The molecule has 1 aromatic heterocycles. The quantitative estimate of drug-likeness (QED) is 0.807. The zero-order valence-electron chi connectivity index (χ0n) is 9.50. The fourth-order valence-electron chi connectivity index (χ4n) is 2.66. The van der Waals surface area contributed by atoms with E-state index in [2.05, 4.69) is 40.8 Å². The molecule has 1 unspecified atom stereocenters. The first kappa shape index (κ1) is 9.91. The molecule has 1 aromatic carbocycles. The highest BCUT2D eigenvalue weighted by Gasteiger charge is 2.14. The predicted octanol–water partition coefficient (Wildman–Crippen LogP) is 2.71. The van der Waals surface area contributed by atoms with Crippen LogP contribution in [0.3, 0.4) is 0 Å². The van der Waals surface area contributed by atoms with Crippen LogP contribution in [0.25, 0.3) is 10.9 Å². The van der Waals surface area contributed by atoms with Gasteiger partial charge in [-0.3, -0.25) is 0 Å². The van der Waals surface area contributed by atoms with Crippen molar-refractivity contribution in [3.05, 3.63) is 36.0 Å². The lowest BCUT2D eigenvalue weighted by Crippen LogP contribution is -2.09. The van der Waals surface area contributed by atoms with E-state index >= 15 is 0 Å². The number of hydrogen-bond donors (Lipinski definition) is 2. The van der Waals surface area contributed by atoms with Gasteiger partial charge >= 0.3 is 0 Å². The zero-order valence-corrected chi connectivity index (χ0v) is 9.50. The molecule has 84 valence electrons. The zero-order chi connectivity index (χ0) is 10.8. The van der Waals surface area contributed by atoms with E-state index < -0.39 is 0 Å². The summed E-state index contributed by atoms with van der Waals surface area (Å²) in [6.45, 7) is 2.42. The van der Waals surface area contributed by atoms with Gasteiger partial charge in [-0.25, -0.2) is 0 Å². The molecule has 0 saturated carbocycles. The first-order valence-electron chi connectivity index (χ1n) is 6.19. The second kappa shape index (κ2) is 4.30. The molecule has 1 atom stereocenters. The lowest BCUT2D eigenvalue weighted by Gasteiger charge is -2.06. The Morgan fingerprint density at radius 3 is 3.06 bits per heavy atom. The summed E-state index contributed by atoms with van der Waals surface area (Å²) < 4.78 is 0. The molecule has 0 aliphatic carbocycles. The van der Waals surface area contributed by atoms with Gasteiger partial charge in [0.05, 0.1) is 0 Å². The van der Waals surface area contributed by atoms with Crippen LogP contribution >= 0.6 is 0 Å². The van der Waals surface area contributed by atoms with Crippen molar-refractivity contribution >= 4 is 10.9 Å². The van der Waals surface area contributed by atoms with Crippen molar-refractivity contribution in [2.75, 3.05) is 13.1 Å². The summed E-state index contributed by atoms with van der Waals surface area (Å²) >= 11 is 0. The molecule has 1 fully saturated rings. The van der Waals surface area contributed by atoms with Crippen molar-refractivity contribution in [1.82, 2.24) is 10.3 Å². The highest BCUT2D eigenvalue weighted by atomic mass is 14.9. The van der Waals surface area contributed by atoms with Crippen molar-refractivity contribution in [1.29, 1.82) is 0 Å². The first-order chi connectivity index (χ1) is 7.93. The summed E-state index contributed by atoms with van der Waals surface area (Å²) in [5.74, 6) is 0.883. The highest BCUT2D eigenvalue weighted by molar-refractivity contribution is 5.82. The molecule has 2 heterocycles. The Kier molecular flexibility index (Phi) is 2.66. The van der Waals surface area contributed by atoms with E-state index in [0.717, 1.165) is 5.92 Å². The van der Waals surface area contributed by atoms with E-state index in [-0.39, 0.29) is 0 Å². The molecule has 1 aliphatic rings. The Balaban J connectivity index is 1.73. The van der Waals surface area contributed by atoms with Crippen LogP contribution in [0.1, 0.15) is 18.4 Å². The van der Waals surface area contributed by atoms with E-state index in [4.69, 9.17) is 0 Å². The summed E-state index contributed by atoms with van der Waals surface area (Å²) in [6, 6.07) is 8.57. The van der Waals surface area contributed by atoms with Crippen LogP contribution in [0, 0.1) is 5.92 Å². The monoisotopic (exact) mass is 214 g/mol. The average Bonchev–Trinajstić information content (AvgIpc) is 2.96. The number of aromatic amines is 1. The number of benzene rings is 1. The van der Waals surface area contributed by atoms with Crippen LogP contribution in [0.4, 0.5) is 0 Å². The average molecular weight is 214 g/mol. The lowest BCUT2D eigenvalue weighted by atomic mass is 9.99. The van der Waals surface area contributed by atoms with Crippen molar-refractivity contribution in [2.24, 2.45) is 5.92 Å². The van der Waals surface area contributed by atoms with Gasteiger partial charge in [-0.05, 0) is 49.9 Å². The summed E-state index contributed by atoms with van der Waals surface area (Å²) in [5.41, 5.74) is 2.74. The van der Waals surface area contributed by atoms with Gasteiger partial charge in [0.2, 0.25) is 0 Å². The van der Waals surface area contributed by atoms with Crippen molar-refractivity contribution in [2.45, 2.75) is 19.3 Å². The second-order valence-corrected chi connectivity index (χ2v) is 4.76. The second-order valence-electron chi connectivity index (χ2n) is 4.76. The summed E-state index contributed by atoms with van der Waals surface area (Å²) in [7, 11) is 0. The lowest BCUT2D eigenvalue weighted by molar-refractivity contribution is 0.534. The van der Waals surface area contributed by atoms with Crippen LogP contribution < -0.4 is 5.32 Å². The number of fused-ring (bicyclic) bond motifs is 1. The molecule has 2 heteroatoms. The topological polar surface area (TPSA) is 27.8 Å². The Bertz CT molecular complexity index is 466. The van der Waals surface area contributed by atoms with Crippen LogP contribution in [-0.2, 0) is 6.42 Å². The maximum absolute atomic E-state index is 3.43.